The third-order valence-electron chi connectivity index (χ3n) is 20.4. The summed E-state index contributed by atoms with van der Waals surface area (Å²) >= 11 is 0. The third kappa shape index (κ3) is 11.2. The molecular weight excluding hydrogens is 1320 g/mol. The zero-order valence-corrected chi connectivity index (χ0v) is 57.9. The Morgan fingerprint density at radius 2 is 0.546 bits per heavy atom. The first-order valence-corrected chi connectivity index (χ1v) is 35.9. The summed E-state index contributed by atoms with van der Waals surface area (Å²) in [5.74, 6) is 3.54. The Labute approximate surface area is 619 Å². The predicted octanol–water partition coefficient (Wildman–Crippen LogP) is 24.6. The van der Waals surface area contributed by atoms with Gasteiger partial charge < -0.3 is 18.0 Å². The fraction of sp³-hybridized carbons (Fsp3) is 0. The van der Waals surface area contributed by atoms with Gasteiger partial charge in [-0.25, -0.2) is 29.9 Å². The second kappa shape index (κ2) is 26.4. The molecule has 0 aliphatic rings. The second-order valence-corrected chi connectivity index (χ2v) is 26.8. The number of fused-ring (bicyclic) bond motifs is 12. The molecule has 11 nitrogen and oxygen atoms in total. The number of benzene rings is 15. The van der Waals surface area contributed by atoms with Crippen molar-refractivity contribution >= 4 is 87.5 Å². The molecule has 0 radical (unpaired) electrons. The number of furan rings is 2. The van der Waals surface area contributed by atoms with Gasteiger partial charge in [-0.3, -0.25) is 0 Å². The van der Waals surface area contributed by atoms with Gasteiger partial charge >= 0.3 is 0 Å². The Bertz CT molecular complexity index is 7120. The lowest BCUT2D eigenvalue weighted by atomic mass is 10.0. The van der Waals surface area contributed by atoms with Crippen LogP contribution in [0, 0.1) is 11.3 Å². The van der Waals surface area contributed by atoms with Crippen molar-refractivity contribution in [2.24, 2.45) is 0 Å². The molecule has 0 spiro atoms. The van der Waals surface area contributed by atoms with Gasteiger partial charge in [0, 0.05) is 99.0 Å². The zero-order chi connectivity index (χ0) is 71.6. The van der Waals surface area contributed by atoms with Crippen LogP contribution >= 0.6 is 0 Å². The number of rotatable bonds is 11. The molecule has 504 valence electrons. The minimum atomic E-state index is 0.515. The van der Waals surface area contributed by atoms with Crippen molar-refractivity contribution in [2.75, 3.05) is 0 Å². The SMILES string of the molecule is N#Cc1cccc(-c2nc(-c3ccccc3)nc(-c3ccc(-n4c5ccccc5c5cc(-c6cccc7c6oc6ccccc67)ccc54)cc3)n2)c1.c1ccc(-c2cccc(-c3nc(-c4ccccc4)nc(-c4ccc(-n5c6ccccc6c6cc(-c7cccc8c7oc7ccccc78)ccc65)cc4)n3)c2)cc1. The maximum Gasteiger partial charge on any atom is 0.164 e. The van der Waals surface area contributed by atoms with E-state index in [0.29, 0.717) is 40.5 Å². The van der Waals surface area contributed by atoms with Crippen LogP contribution in [0.2, 0.25) is 0 Å². The van der Waals surface area contributed by atoms with Crippen molar-refractivity contribution in [3.05, 3.63) is 363 Å². The van der Waals surface area contributed by atoms with Crippen molar-refractivity contribution in [3.63, 3.8) is 0 Å². The van der Waals surface area contributed by atoms with E-state index in [0.717, 1.165) is 144 Å². The summed E-state index contributed by atoms with van der Waals surface area (Å²) in [7, 11) is 0. The molecule has 0 unspecified atom stereocenters. The van der Waals surface area contributed by atoms with Crippen molar-refractivity contribution in [3.8, 4) is 119 Å². The van der Waals surface area contributed by atoms with Crippen LogP contribution in [-0.4, -0.2) is 39.0 Å². The Hall–Kier alpha value is -15.0. The number of para-hydroxylation sites is 6. The van der Waals surface area contributed by atoms with E-state index in [2.05, 4.69) is 258 Å². The smallest absolute Gasteiger partial charge is 0.164 e. The van der Waals surface area contributed by atoms with Crippen LogP contribution in [-0.2, 0) is 0 Å². The average molecular weight is 1380 g/mol. The molecule has 0 bridgehead atoms. The van der Waals surface area contributed by atoms with Crippen LogP contribution in [0.1, 0.15) is 5.56 Å². The van der Waals surface area contributed by atoms with E-state index < -0.39 is 0 Å². The van der Waals surface area contributed by atoms with E-state index in [1.807, 2.05) is 109 Å². The van der Waals surface area contributed by atoms with Gasteiger partial charge in [-0.15, -0.1) is 0 Å². The standard InChI is InChI=1S/C51H32N4O.C46H27N5O/c1-3-13-33(14-4-1)36-17-11-18-38(31-36)51-53-49(34-15-5-2-6-16-34)52-50(54-51)35-25-28-39(29-26-35)55-45-23-9-7-19-41(45)44-32-37(27-30-46(44)55)40-21-12-22-43-42-20-8-10-24-47(42)56-48(40)43;47-28-29-10-8-13-33(26-29)46-49-44(30-11-2-1-3-12-30)48-45(50-46)31-20-23-34(24-21-31)51-40-18-6-4-14-36(40)39-27-32(22-25-41(39)51)35-16-9-17-38-37-15-5-7-19-42(37)52-43(35)38/h1-32H;1-27H. The highest BCUT2D eigenvalue weighted by atomic mass is 16.3. The van der Waals surface area contributed by atoms with Crippen molar-refractivity contribution < 1.29 is 8.83 Å². The topological polar surface area (TPSA) is 137 Å². The monoisotopic (exact) mass is 1380 g/mol. The normalized spacial score (nSPS) is 11.5. The van der Waals surface area contributed by atoms with Crippen molar-refractivity contribution in [1.82, 2.24) is 39.0 Å². The maximum absolute atomic E-state index is 9.53. The molecule has 6 aromatic heterocycles. The molecule has 0 aliphatic heterocycles. The van der Waals surface area contributed by atoms with E-state index in [-0.39, 0.29) is 0 Å². The summed E-state index contributed by atoms with van der Waals surface area (Å²) in [6.07, 6.45) is 0. The summed E-state index contributed by atoms with van der Waals surface area (Å²) < 4.78 is 17.5. The first-order chi connectivity index (χ1) is 53.5. The minimum absolute atomic E-state index is 0.515. The lowest BCUT2D eigenvalue weighted by Gasteiger charge is -2.11. The Balaban J connectivity index is 0.000000143. The van der Waals surface area contributed by atoms with Crippen LogP contribution in [0.25, 0.3) is 201 Å². The highest BCUT2D eigenvalue weighted by Crippen LogP contribution is 2.43. The number of hydrogen-bond acceptors (Lipinski definition) is 9. The van der Waals surface area contributed by atoms with Gasteiger partial charge in [0.15, 0.2) is 34.9 Å². The van der Waals surface area contributed by atoms with E-state index in [1.165, 1.54) is 21.5 Å². The van der Waals surface area contributed by atoms with E-state index in [1.54, 1.807) is 6.07 Å². The first-order valence-electron chi connectivity index (χ1n) is 35.9. The molecule has 0 saturated carbocycles. The lowest BCUT2D eigenvalue weighted by Crippen LogP contribution is -2.00. The van der Waals surface area contributed by atoms with Crippen LogP contribution in [0.3, 0.4) is 0 Å². The molecule has 15 aromatic carbocycles. The van der Waals surface area contributed by atoms with Crippen molar-refractivity contribution in [2.45, 2.75) is 0 Å². The average Bonchev–Trinajstić information content (AvgIpc) is 1.61. The fourth-order valence-electron chi connectivity index (χ4n) is 15.2. The molecule has 0 fully saturated rings. The van der Waals surface area contributed by atoms with Crippen LogP contribution < -0.4 is 0 Å². The van der Waals surface area contributed by atoms with Gasteiger partial charge in [0.1, 0.15) is 22.3 Å². The predicted molar refractivity (Wildman–Crippen MR) is 437 cm³/mol. The summed E-state index contributed by atoms with van der Waals surface area (Å²) in [5, 5.41) is 18.7. The number of nitriles is 1. The summed E-state index contributed by atoms with van der Waals surface area (Å²) in [6.45, 7) is 0. The summed E-state index contributed by atoms with van der Waals surface area (Å²) in [4.78, 5) is 29.7. The molecule has 0 saturated heterocycles. The molecule has 0 atom stereocenters. The Kier molecular flexibility index (Phi) is 15.3. The van der Waals surface area contributed by atoms with Crippen LogP contribution in [0.5, 0.6) is 0 Å². The van der Waals surface area contributed by atoms with Gasteiger partial charge in [0.2, 0.25) is 0 Å². The van der Waals surface area contributed by atoms with E-state index in [9.17, 15) is 5.26 Å². The van der Waals surface area contributed by atoms with Gasteiger partial charge in [-0.05, 0) is 138 Å². The number of aromatic nitrogens is 8. The quantitative estimate of drug-likeness (QED) is 0.124. The minimum Gasteiger partial charge on any atom is -0.455 e. The lowest BCUT2D eigenvalue weighted by molar-refractivity contribution is 0.669. The molecule has 108 heavy (non-hydrogen) atoms. The Morgan fingerprint density at radius 1 is 0.222 bits per heavy atom. The van der Waals surface area contributed by atoms with E-state index in [4.69, 9.17) is 38.7 Å². The maximum atomic E-state index is 9.53. The summed E-state index contributed by atoms with van der Waals surface area (Å²) in [6, 6.07) is 125. The van der Waals surface area contributed by atoms with E-state index >= 15 is 0 Å². The third-order valence-corrected chi connectivity index (χ3v) is 20.4. The summed E-state index contributed by atoms with van der Waals surface area (Å²) in [5.41, 5.74) is 22.7. The van der Waals surface area contributed by atoms with Crippen LogP contribution in [0.15, 0.2) is 367 Å². The molecular formula is C97H59N9O2. The number of hydrogen-bond donors (Lipinski definition) is 0. The molecule has 21 aromatic rings. The Morgan fingerprint density at radius 3 is 1.00 bits per heavy atom. The second-order valence-electron chi connectivity index (χ2n) is 26.8. The molecule has 0 aliphatic carbocycles. The molecule has 6 heterocycles. The number of nitrogens with zero attached hydrogens (tertiary/aromatic N) is 9. The van der Waals surface area contributed by atoms with Gasteiger partial charge in [0.25, 0.3) is 0 Å². The molecule has 0 amide bonds. The highest BCUT2D eigenvalue weighted by Gasteiger charge is 2.22. The largest absolute Gasteiger partial charge is 0.455 e. The first kappa shape index (κ1) is 62.8. The van der Waals surface area contributed by atoms with Crippen molar-refractivity contribution in [1.29, 1.82) is 5.26 Å². The van der Waals surface area contributed by atoms with Gasteiger partial charge in [0.05, 0.1) is 33.7 Å². The molecule has 21 rings (SSSR count). The van der Waals surface area contributed by atoms with Crippen LogP contribution in [0.4, 0.5) is 0 Å². The molecule has 11 heteroatoms. The highest BCUT2D eigenvalue weighted by molar-refractivity contribution is 6.15. The fourth-order valence-corrected chi connectivity index (χ4v) is 15.2. The molecule has 0 N–H and O–H groups in total. The van der Waals surface area contributed by atoms with Gasteiger partial charge in [-0.1, -0.05) is 243 Å². The zero-order valence-electron chi connectivity index (χ0n) is 57.9. The van der Waals surface area contributed by atoms with Gasteiger partial charge in [-0.2, -0.15) is 5.26 Å².